The summed E-state index contributed by atoms with van der Waals surface area (Å²) in [5.74, 6) is -0.502. The van der Waals surface area contributed by atoms with Crippen LogP contribution in [0.15, 0.2) is 65.6 Å². The van der Waals surface area contributed by atoms with Gasteiger partial charge in [0.25, 0.3) is 15.2 Å². The Morgan fingerprint density at radius 3 is 2.46 bits per heavy atom. The van der Waals surface area contributed by atoms with E-state index < -0.39 is 21.9 Å². The minimum Gasteiger partial charge on any atom is -0.461 e. The zero-order valence-electron chi connectivity index (χ0n) is 12.5. The molecule has 1 atom stereocenters. The van der Waals surface area contributed by atoms with Crippen LogP contribution in [0.5, 0.6) is 0 Å². The third kappa shape index (κ3) is 3.47. The molecule has 3 rings (SSSR count). The summed E-state index contributed by atoms with van der Waals surface area (Å²) >= 11 is 5.04. The topological polar surface area (TPSA) is 46.6 Å². The number of ether oxygens (including phenoxy) is 1. The fourth-order valence-corrected chi connectivity index (χ4v) is 4.09. The molecule has 0 spiro atoms. The van der Waals surface area contributed by atoms with Crippen LogP contribution in [0, 0.1) is 5.82 Å². The van der Waals surface area contributed by atoms with Gasteiger partial charge in [-0.1, -0.05) is 36.4 Å². The molecule has 0 N–H and O–H groups in total. The van der Waals surface area contributed by atoms with Crippen molar-refractivity contribution in [2.45, 2.75) is 11.0 Å². The van der Waals surface area contributed by atoms with Gasteiger partial charge in [0.05, 0.1) is 11.4 Å². The molecule has 0 amide bonds. The molecule has 0 aromatic heterocycles. The van der Waals surface area contributed by atoms with Gasteiger partial charge < -0.3 is 4.74 Å². The molecule has 1 unspecified atom stereocenters. The van der Waals surface area contributed by atoms with Crippen LogP contribution in [0.3, 0.4) is 0 Å². The minimum atomic E-state index is -3.85. The van der Waals surface area contributed by atoms with Crippen LogP contribution in [-0.4, -0.2) is 30.5 Å². The molecule has 4 nitrogen and oxygen atoms in total. The van der Waals surface area contributed by atoms with E-state index >= 15 is 0 Å². The standard InChI is InChI=1S/C17H14FNO3S2/c18-14-7-10-16(11-8-14)24(20,21)19-12-15(22-17(19)23)9-6-13-4-2-1-3-5-13/h1-11,15H,12H2/b9-6+. The summed E-state index contributed by atoms with van der Waals surface area (Å²) in [6, 6.07) is 14.2. The highest BCUT2D eigenvalue weighted by atomic mass is 32.2. The normalized spacial score (nSPS) is 18.1. The second-order valence-corrected chi connectivity index (χ2v) is 7.39. The lowest BCUT2D eigenvalue weighted by atomic mass is 10.2. The average molecular weight is 363 g/mol. The fraction of sp³-hybridized carbons (Fsp3) is 0.118. The van der Waals surface area contributed by atoms with Crippen molar-refractivity contribution < 1.29 is 17.5 Å². The SMILES string of the molecule is O=S(=O)(c1ccc(F)cc1)N1CC(/C=C/c2ccccc2)OC1=S. The quantitative estimate of drug-likeness (QED) is 0.783. The summed E-state index contributed by atoms with van der Waals surface area (Å²) in [4.78, 5) is -0.0254. The van der Waals surface area contributed by atoms with E-state index in [1.165, 1.54) is 12.1 Å². The van der Waals surface area contributed by atoms with E-state index in [-0.39, 0.29) is 16.6 Å². The largest absolute Gasteiger partial charge is 0.461 e. The number of thiocarbonyl (C=S) groups is 1. The van der Waals surface area contributed by atoms with Crippen LogP contribution in [0.2, 0.25) is 0 Å². The monoisotopic (exact) mass is 363 g/mol. The minimum absolute atomic E-state index is 0.0254. The maximum absolute atomic E-state index is 13.0. The van der Waals surface area contributed by atoms with E-state index in [1.807, 2.05) is 36.4 Å². The maximum atomic E-state index is 13.0. The molecule has 0 bridgehead atoms. The Hall–Kier alpha value is -2.25. The Labute approximate surface area is 145 Å². The maximum Gasteiger partial charge on any atom is 0.274 e. The van der Waals surface area contributed by atoms with Gasteiger partial charge >= 0.3 is 0 Å². The van der Waals surface area contributed by atoms with Crippen molar-refractivity contribution >= 4 is 33.5 Å². The third-order valence-electron chi connectivity index (χ3n) is 3.51. The predicted octanol–water partition coefficient (Wildman–Crippen LogP) is 3.21. The van der Waals surface area contributed by atoms with Gasteiger partial charge in [-0.25, -0.2) is 17.1 Å². The molecular weight excluding hydrogens is 349 g/mol. The number of hydrogen-bond acceptors (Lipinski definition) is 4. The first-order valence-electron chi connectivity index (χ1n) is 7.19. The zero-order valence-corrected chi connectivity index (χ0v) is 14.1. The first-order valence-corrected chi connectivity index (χ1v) is 9.04. The lowest BCUT2D eigenvalue weighted by molar-refractivity contribution is 0.287. The first-order chi connectivity index (χ1) is 11.5. The summed E-state index contributed by atoms with van der Waals surface area (Å²) in [7, 11) is -3.85. The predicted molar refractivity (Wildman–Crippen MR) is 93.2 cm³/mol. The van der Waals surface area contributed by atoms with Crippen LogP contribution < -0.4 is 0 Å². The molecule has 2 aromatic carbocycles. The van der Waals surface area contributed by atoms with E-state index in [0.29, 0.717) is 0 Å². The van der Waals surface area contributed by atoms with Crippen LogP contribution in [0.4, 0.5) is 4.39 Å². The number of benzene rings is 2. The van der Waals surface area contributed by atoms with Crippen LogP contribution >= 0.6 is 12.2 Å². The molecule has 7 heteroatoms. The smallest absolute Gasteiger partial charge is 0.274 e. The van der Waals surface area contributed by atoms with Crippen molar-refractivity contribution in [3.05, 3.63) is 72.1 Å². The molecule has 1 aliphatic heterocycles. The van der Waals surface area contributed by atoms with Crippen molar-refractivity contribution in [3.63, 3.8) is 0 Å². The van der Waals surface area contributed by atoms with Gasteiger partial charge in [-0.3, -0.25) is 0 Å². The zero-order chi connectivity index (χ0) is 17.2. The van der Waals surface area contributed by atoms with Crippen molar-refractivity contribution in [2.75, 3.05) is 6.54 Å². The van der Waals surface area contributed by atoms with Gasteiger partial charge in [-0.05, 0) is 48.1 Å². The second kappa shape index (κ2) is 6.70. The van der Waals surface area contributed by atoms with Gasteiger partial charge in [0.1, 0.15) is 11.9 Å². The van der Waals surface area contributed by atoms with Gasteiger partial charge in [0, 0.05) is 0 Å². The molecule has 1 aliphatic rings. The summed E-state index contributed by atoms with van der Waals surface area (Å²) in [6.07, 6.45) is 3.15. The molecule has 1 fully saturated rings. The lowest BCUT2D eigenvalue weighted by Crippen LogP contribution is -2.32. The summed E-state index contributed by atoms with van der Waals surface area (Å²) in [5.41, 5.74) is 0.979. The molecule has 24 heavy (non-hydrogen) atoms. The Balaban J connectivity index is 1.77. The highest BCUT2D eigenvalue weighted by Gasteiger charge is 2.36. The van der Waals surface area contributed by atoms with Gasteiger partial charge in [0.15, 0.2) is 0 Å². The van der Waals surface area contributed by atoms with Crippen molar-refractivity contribution in [3.8, 4) is 0 Å². The number of rotatable bonds is 4. The van der Waals surface area contributed by atoms with Crippen molar-refractivity contribution in [2.24, 2.45) is 0 Å². The van der Waals surface area contributed by atoms with Gasteiger partial charge in [-0.2, -0.15) is 0 Å². The Bertz CT molecular complexity index is 864. The van der Waals surface area contributed by atoms with E-state index in [9.17, 15) is 12.8 Å². The van der Waals surface area contributed by atoms with Crippen molar-refractivity contribution in [1.29, 1.82) is 0 Å². The molecule has 124 valence electrons. The van der Waals surface area contributed by atoms with E-state index in [1.54, 1.807) is 6.08 Å². The number of sulfonamides is 1. The average Bonchev–Trinajstić information content (AvgIpc) is 2.96. The molecule has 1 heterocycles. The van der Waals surface area contributed by atoms with Crippen LogP contribution in [0.1, 0.15) is 5.56 Å². The summed E-state index contributed by atoms with van der Waals surface area (Å²) in [5, 5.41) is -0.109. The highest BCUT2D eigenvalue weighted by Crippen LogP contribution is 2.23. The second-order valence-electron chi connectivity index (χ2n) is 5.18. The molecular formula is C17H14FNO3S2. The fourth-order valence-electron chi connectivity index (χ4n) is 2.28. The van der Waals surface area contributed by atoms with Crippen molar-refractivity contribution in [1.82, 2.24) is 4.31 Å². The van der Waals surface area contributed by atoms with E-state index in [0.717, 1.165) is 22.0 Å². The molecule has 0 aliphatic carbocycles. The molecule has 1 saturated heterocycles. The number of halogens is 1. The Morgan fingerprint density at radius 2 is 1.79 bits per heavy atom. The Morgan fingerprint density at radius 1 is 1.12 bits per heavy atom. The lowest BCUT2D eigenvalue weighted by Gasteiger charge is -2.15. The van der Waals surface area contributed by atoms with Gasteiger partial charge in [-0.15, -0.1) is 0 Å². The van der Waals surface area contributed by atoms with Gasteiger partial charge in [0.2, 0.25) is 0 Å². The van der Waals surface area contributed by atoms with E-state index in [4.69, 9.17) is 17.0 Å². The highest BCUT2D eigenvalue weighted by molar-refractivity contribution is 7.91. The van der Waals surface area contributed by atoms with Crippen LogP contribution in [-0.2, 0) is 14.8 Å². The van der Waals surface area contributed by atoms with Crippen LogP contribution in [0.25, 0.3) is 6.08 Å². The van der Waals surface area contributed by atoms with E-state index in [2.05, 4.69) is 0 Å². The summed E-state index contributed by atoms with van der Waals surface area (Å²) in [6.45, 7) is 0.0852. The molecule has 0 radical (unpaired) electrons. The number of hydrogen-bond donors (Lipinski definition) is 0. The number of nitrogens with zero attached hydrogens (tertiary/aromatic N) is 1. The molecule has 0 saturated carbocycles. The molecule has 2 aromatic rings. The first kappa shape index (κ1) is 16.6. The third-order valence-corrected chi connectivity index (χ3v) is 5.70. The summed E-state index contributed by atoms with van der Waals surface area (Å²) < 4.78 is 44.6. The Kier molecular flexibility index (Phi) is 4.64.